The maximum absolute atomic E-state index is 6.17. The molecule has 1 atom stereocenters. The Morgan fingerprint density at radius 2 is 1.59 bits per heavy atom. The monoisotopic (exact) mass is 244 g/mol. The predicted octanol–water partition coefficient (Wildman–Crippen LogP) is 4.75. The van der Waals surface area contributed by atoms with Gasteiger partial charge in [0.15, 0.2) is 8.32 Å². The van der Waals surface area contributed by atoms with Crippen molar-refractivity contribution in [1.29, 1.82) is 0 Å². The van der Waals surface area contributed by atoms with Crippen molar-refractivity contribution in [2.45, 2.75) is 32.7 Å². The van der Waals surface area contributed by atoms with Crippen molar-refractivity contribution in [3.63, 3.8) is 0 Å². The Morgan fingerprint density at radius 1 is 0.941 bits per heavy atom. The Morgan fingerprint density at radius 3 is 2.29 bits per heavy atom. The van der Waals surface area contributed by atoms with Gasteiger partial charge in [-0.05, 0) is 42.9 Å². The normalized spacial score (nSPS) is 13.9. The quantitative estimate of drug-likeness (QED) is 0.708. The molecule has 0 heterocycles. The highest BCUT2D eigenvalue weighted by Crippen LogP contribution is 2.28. The Bertz CT molecular complexity index is 508. The summed E-state index contributed by atoms with van der Waals surface area (Å²) in [5.41, 5.74) is 1.30. The molecule has 0 aromatic heterocycles. The summed E-state index contributed by atoms with van der Waals surface area (Å²) in [4.78, 5) is 0. The van der Waals surface area contributed by atoms with Crippen molar-refractivity contribution >= 4 is 19.1 Å². The fourth-order valence-electron chi connectivity index (χ4n) is 2.20. The number of hydrogen-bond acceptors (Lipinski definition) is 1. The van der Waals surface area contributed by atoms with Crippen LogP contribution < -0.4 is 0 Å². The third kappa shape index (κ3) is 2.96. The highest BCUT2D eigenvalue weighted by atomic mass is 28.4. The largest absolute Gasteiger partial charge is 0.411 e. The first-order valence-corrected chi connectivity index (χ1v) is 9.54. The van der Waals surface area contributed by atoms with E-state index in [4.69, 9.17) is 4.43 Å². The van der Waals surface area contributed by atoms with E-state index >= 15 is 0 Å². The van der Waals surface area contributed by atoms with E-state index in [0.717, 1.165) is 0 Å². The lowest BCUT2D eigenvalue weighted by Crippen LogP contribution is -2.27. The molecule has 2 aromatic rings. The molecule has 17 heavy (non-hydrogen) atoms. The van der Waals surface area contributed by atoms with Crippen molar-refractivity contribution < 1.29 is 4.43 Å². The summed E-state index contributed by atoms with van der Waals surface area (Å²) >= 11 is 0. The standard InChI is InChI=1S/C15H20OSi/c1-12(16-17(2,3)4)14-11-7-9-13-8-5-6-10-15(13)14/h5-12H,1-4H3/t12-/m0/s1. The van der Waals surface area contributed by atoms with Gasteiger partial charge in [0.05, 0.1) is 6.10 Å². The smallest absolute Gasteiger partial charge is 0.184 e. The van der Waals surface area contributed by atoms with Gasteiger partial charge >= 0.3 is 0 Å². The molecule has 0 N–H and O–H groups in total. The summed E-state index contributed by atoms with van der Waals surface area (Å²) in [6.07, 6.45) is 0.174. The second-order valence-electron chi connectivity index (χ2n) is 5.44. The fourth-order valence-corrected chi connectivity index (χ4v) is 3.39. The molecule has 1 nitrogen and oxygen atoms in total. The Hall–Kier alpha value is -1.12. The minimum absolute atomic E-state index is 0.174. The number of hydrogen-bond donors (Lipinski definition) is 0. The van der Waals surface area contributed by atoms with E-state index < -0.39 is 8.32 Å². The van der Waals surface area contributed by atoms with Gasteiger partial charge in [0.25, 0.3) is 0 Å². The SMILES string of the molecule is C[C@H](O[Si](C)(C)C)c1cccc2ccccc12. The van der Waals surface area contributed by atoms with E-state index in [9.17, 15) is 0 Å². The topological polar surface area (TPSA) is 9.23 Å². The molecule has 0 fully saturated rings. The van der Waals surface area contributed by atoms with Crippen LogP contribution in [0.1, 0.15) is 18.6 Å². The predicted molar refractivity (Wildman–Crippen MR) is 76.8 cm³/mol. The van der Waals surface area contributed by atoms with Crippen LogP contribution in [0.3, 0.4) is 0 Å². The second kappa shape index (κ2) is 4.63. The molecule has 0 radical (unpaired) electrons. The van der Waals surface area contributed by atoms with E-state index in [0.29, 0.717) is 0 Å². The van der Waals surface area contributed by atoms with Gasteiger partial charge in [-0.2, -0.15) is 0 Å². The number of fused-ring (bicyclic) bond motifs is 1. The van der Waals surface area contributed by atoms with Gasteiger partial charge in [0.2, 0.25) is 0 Å². The number of rotatable bonds is 3. The molecule has 0 amide bonds. The van der Waals surface area contributed by atoms with Gasteiger partial charge in [0, 0.05) is 0 Å². The van der Waals surface area contributed by atoms with E-state index in [1.54, 1.807) is 0 Å². The highest BCUT2D eigenvalue weighted by molar-refractivity contribution is 6.69. The molecule has 0 saturated heterocycles. The van der Waals surface area contributed by atoms with E-state index in [2.05, 4.69) is 69.0 Å². The molecule has 2 heteroatoms. The highest BCUT2D eigenvalue weighted by Gasteiger charge is 2.20. The zero-order valence-corrected chi connectivity index (χ0v) is 12.0. The lowest BCUT2D eigenvalue weighted by Gasteiger charge is -2.24. The lowest BCUT2D eigenvalue weighted by atomic mass is 10.0. The van der Waals surface area contributed by atoms with Crippen LogP contribution >= 0.6 is 0 Å². The van der Waals surface area contributed by atoms with Crippen LogP contribution in [0.2, 0.25) is 19.6 Å². The molecule has 0 aliphatic heterocycles. The molecular formula is C15H20OSi. The maximum atomic E-state index is 6.17. The maximum Gasteiger partial charge on any atom is 0.184 e. The molecule has 0 unspecified atom stereocenters. The van der Waals surface area contributed by atoms with Gasteiger partial charge in [-0.15, -0.1) is 0 Å². The number of benzene rings is 2. The van der Waals surface area contributed by atoms with Gasteiger partial charge < -0.3 is 4.43 Å². The molecule has 2 rings (SSSR count). The third-order valence-electron chi connectivity index (χ3n) is 2.79. The van der Waals surface area contributed by atoms with Crippen molar-refractivity contribution in [2.75, 3.05) is 0 Å². The van der Waals surface area contributed by atoms with E-state index in [1.807, 2.05) is 0 Å². The summed E-state index contributed by atoms with van der Waals surface area (Å²) in [5.74, 6) is 0. The minimum Gasteiger partial charge on any atom is -0.411 e. The van der Waals surface area contributed by atoms with Gasteiger partial charge in [-0.3, -0.25) is 0 Å². The first-order valence-electron chi connectivity index (χ1n) is 6.13. The average Bonchev–Trinajstić information content (AvgIpc) is 2.26. The first-order chi connectivity index (χ1) is 7.97. The molecule has 0 saturated carbocycles. The van der Waals surface area contributed by atoms with E-state index in [1.165, 1.54) is 16.3 Å². The van der Waals surface area contributed by atoms with Crippen LogP contribution in [0.15, 0.2) is 42.5 Å². The molecule has 0 bridgehead atoms. The molecular weight excluding hydrogens is 224 g/mol. The zero-order chi connectivity index (χ0) is 12.5. The zero-order valence-electron chi connectivity index (χ0n) is 11.0. The molecule has 0 aliphatic rings. The summed E-state index contributed by atoms with van der Waals surface area (Å²) in [6, 6.07) is 14.9. The van der Waals surface area contributed by atoms with Crippen molar-refractivity contribution in [3.05, 3.63) is 48.0 Å². The van der Waals surface area contributed by atoms with Gasteiger partial charge in [-0.1, -0.05) is 42.5 Å². The van der Waals surface area contributed by atoms with Crippen LogP contribution in [0.25, 0.3) is 10.8 Å². The van der Waals surface area contributed by atoms with Crippen LogP contribution in [0.5, 0.6) is 0 Å². The van der Waals surface area contributed by atoms with Crippen molar-refractivity contribution in [1.82, 2.24) is 0 Å². The molecule has 0 aliphatic carbocycles. The lowest BCUT2D eigenvalue weighted by molar-refractivity contribution is 0.221. The Kier molecular flexibility index (Phi) is 3.36. The third-order valence-corrected chi connectivity index (χ3v) is 3.85. The van der Waals surface area contributed by atoms with Crippen LogP contribution in [-0.4, -0.2) is 8.32 Å². The van der Waals surface area contributed by atoms with Crippen LogP contribution in [0.4, 0.5) is 0 Å². The van der Waals surface area contributed by atoms with E-state index in [-0.39, 0.29) is 6.10 Å². The fraction of sp³-hybridized carbons (Fsp3) is 0.333. The first kappa shape index (κ1) is 12.3. The molecule has 0 spiro atoms. The molecule has 2 aromatic carbocycles. The summed E-state index contributed by atoms with van der Waals surface area (Å²) in [6.45, 7) is 8.85. The Balaban J connectivity index is 2.41. The van der Waals surface area contributed by atoms with Gasteiger partial charge in [0.1, 0.15) is 0 Å². The summed E-state index contributed by atoms with van der Waals surface area (Å²) < 4.78 is 6.17. The summed E-state index contributed by atoms with van der Waals surface area (Å²) in [5, 5.41) is 2.59. The van der Waals surface area contributed by atoms with Crippen LogP contribution in [0, 0.1) is 0 Å². The minimum atomic E-state index is -1.49. The van der Waals surface area contributed by atoms with Crippen LogP contribution in [-0.2, 0) is 4.43 Å². The van der Waals surface area contributed by atoms with Crippen molar-refractivity contribution in [2.24, 2.45) is 0 Å². The molecule has 90 valence electrons. The van der Waals surface area contributed by atoms with Crippen molar-refractivity contribution in [3.8, 4) is 0 Å². The Labute approximate surface area is 105 Å². The summed E-state index contributed by atoms with van der Waals surface area (Å²) in [7, 11) is -1.49. The second-order valence-corrected chi connectivity index (χ2v) is 9.90. The van der Waals surface area contributed by atoms with Gasteiger partial charge in [-0.25, -0.2) is 0 Å². The average molecular weight is 244 g/mol.